The molecule has 0 fully saturated rings. The summed E-state index contributed by atoms with van der Waals surface area (Å²) >= 11 is 0. The van der Waals surface area contributed by atoms with Crippen LogP contribution in [0.15, 0.2) is 78.9 Å². The molecular weight excluding hydrogens is 430 g/mol. The smallest absolute Gasteiger partial charge is 0.253 e. The Kier molecular flexibility index (Phi) is 9.34. The van der Waals surface area contributed by atoms with Gasteiger partial charge in [-0.2, -0.15) is 0 Å². The number of nitrogens with one attached hydrogen (secondary N) is 2. The summed E-state index contributed by atoms with van der Waals surface area (Å²) in [5.74, 6) is 1.22. The monoisotopic (exact) mass is 461 g/mol. The second-order valence-corrected chi connectivity index (χ2v) is 7.50. The van der Waals surface area contributed by atoms with Crippen molar-refractivity contribution in [3.05, 3.63) is 84.4 Å². The maximum atomic E-state index is 12.5. The largest absolute Gasteiger partial charge is 0.490 e. The molecular formula is C27H31N3O4. The standard InChI is InChI=1S/C27H31N3O4/c1-3-30(4-2)27(32)21-10-8-12-23(18-21)29-26(31)20-28-22-11-9-15-25(19-22)34-17-16-33-24-13-6-5-7-14-24/h5-15,18-19,28H,3-4,16-17,20H2,1-2H3,(H,29,31). The highest BCUT2D eigenvalue weighted by Crippen LogP contribution is 2.18. The van der Waals surface area contributed by atoms with Crippen molar-refractivity contribution >= 4 is 23.2 Å². The minimum Gasteiger partial charge on any atom is -0.490 e. The van der Waals surface area contributed by atoms with Gasteiger partial charge in [0.15, 0.2) is 0 Å². The van der Waals surface area contributed by atoms with E-state index in [9.17, 15) is 9.59 Å². The number of rotatable bonds is 12. The first-order valence-electron chi connectivity index (χ1n) is 11.4. The molecule has 0 heterocycles. The minimum atomic E-state index is -0.213. The summed E-state index contributed by atoms with van der Waals surface area (Å²) in [5.41, 5.74) is 1.90. The van der Waals surface area contributed by atoms with Crippen LogP contribution in [-0.4, -0.2) is 49.6 Å². The molecule has 2 N–H and O–H groups in total. The fourth-order valence-corrected chi connectivity index (χ4v) is 3.34. The molecule has 0 aliphatic carbocycles. The number of amides is 2. The lowest BCUT2D eigenvalue weighted by Crippen LogP contribution is -2.30. The highest BCUT2D eigenvalue weighted by molar-refractivity contribution is 5.98. The summed E-state index contributed by atoms with van der Waals surface area (Å²) < 4.78 is 11.4. The van der Waals surface area contributed by atoms with E-state index in [0.717, 1.165) is 11.4 Å². The summed E-state index contributed by atoms with van der Waals surface area (Å²) in [6.45, 7) is 6.07. The van der Waals surface area contributed by atoms with Crippen LogP contribution >= 0.6 is 0 Å². The van der Waals surface area contributed by atoms with Crippen LogP contribution in [0, 0.1) is 0 Å². The first-order chi connectivity index (χ1) is 16.6. The van der Waals surface area contributed by atoms with Gasteiger partial charge in [0.25, 0.3) is 5.91 Å². The highest BCUT2D eigenvalue weighted by Gasteiger charge is 2.13. The van der Waals surface area contributed by atoms with Crippen LogP contribution in [0.1, 0.15) is 24.2 Å². The van der Waals surface area contributed by atoms with E-state index in [2.05, 4.69) is 10.6 Å². The third-order valence-electron chi connectivity index (χ3n) is 5.10. The number of carbonyl (C=O) groups is 2. The van der Waals surface area contributed by atoms with Gasteiger partial charge in [-0.3, -0.25) is 9.59 Å². The van der Waals surface area contributed by atoms with Crippen molar-refractivity contribution in [2.24, 2.45) is 0 Å². The van der Waals surface area contributed by atoms with Gasteiger partial charge in [-0.1, -0.05) is 30.3 Å². The van der Waals surface area contributed by atoms with E-state index in [0.29, 0.717) is 43.3 Å². The van der Waals surface area contributed by atoms with Crippen LogP contribution in [0.4, 0.5) is 11.4 Å². The molecule has 0 aliphatic rings. The van der Waals surface area contributed by atoms with E-state index in [1.165, 1.54) is 0 Å². The van der Waals surface area contributed by atoms with Gasteiger partial charge in [0.1, 0.15) is 24.7 Å². The second kappa shape index (κ2) is 12.9. The number of nitrogens with zero attached hydrogens (tertiary/aromatic N) is 1. The Hall–Kier alpha value is -4.00. The van der Waals surface area contributed by atoms with Gasteiger partial charge in [-0.05, 0) is 56.3 Å². The predicted octanol–water partition coefficient (Wildman–Crippen LogP) is 4.68. The first-order valence-corrected chi connectivity index (χ1v) is 11.4. The Balaban J connectivity index is 1.46. The Bertz CT molecular complexity index is 1070. The quantitative estimate of drug-likeness (QED) is 0.383. The van der Waals surface area contributed by atoms with Crippen LogP contribution in [0.5, 0.6) is 11.5 Å². The number of hydrogen-bond donors (Lipinski definition) is 2. The summed E-state index contributed by atoms with van der Waals surface area (Å²) in [5, 5.41) is 5.93. The summed E-state index contributed by atoms with van der Waals surface area (Å²) in [7, 11) is 0. The Morgan fingerprint density at radius 1 is 0.765 bits per heavy atom. The third kappa shape index (κ3) is 7.55. The molecule has 0 unspecified atom stereocenters. The number of carbonyl (C=O) groups excluding carboxylic acids is 2. The van der Waals surface area contributed by atoms with Crippen molar-refractivity contribution in [1.29, 1.82) is 0 Å². The molecule has 0 aromatic heterocycles. The van der Waals surface area contributed by atoms with E-state index in [1.54, 1.807) is 29.2 Å². The maximum Gasteiger partial charge on any atom is 0.253 e. The van der Waals surface area contributed by atoms with E-state index < -0.39 is 0 Å². The topological polar surface area (TPSA) is 79.9 Å². The molecule has 0 bridgehead atoms. The minimum absolute atomic E-state index is 0.0507. The molecule has 0 saturated carbocycles. The molecule has 0 saturated heterocycles. The van der Waals surface area contributed by atoms with Crippen LogP contribution in [-0.2, 0) is 4.79 Å². The number of hydrogen-bond acceptors (Lipinski definition) is 5. The Morgan fingerprint density at radius 2 is 1.41 bits per heavy atom. The maximum absolute atomic E-state index is 12.5. The summed E-state index contributed by atoms with van der Waals surface area (Å²) in [6.07, 6.45) is 0. The number of ether oxygens (including phenoxy) is 2. The third-order valence-corrected chi connectivity index (χ3v) is 5.10. The van der Waals surface area contributed by atoms with E-state index in [-0.39, 0.29) is 18.4 Å². The average Bonchev–Trinajstić information content (AvgIpc) is 2.87. The Morgan fingerprint density at radius 3 is 2.15 bits per heavy atom. The Labute approximate surface area is 200 Å². The molecule has 3 aromatic carbocycles. The molecule has 3 aromatic rings. The molecule has 178 valence electrons. The van der Waals surface area contributed by atoms with Crippen molar-refractivity contribution in [1.82, 2.24) is 4.90 Å². The SMILES string of the molecule is CCN(CC)C(=O)c1cccc(NC(=O)CNc2cccc(OCCOc3ccccc3)c2)c1. The van der Waals surface area contributed by atoms with Crippen molar-refractivity contribution < 1.29 is 19.1 Å². The van der Waals surface area contributed by atoms with Crippen molar-refractivity contribution in [2.45, 2.75) is 13.8 Å². The molecule has 0 atom stereocenters. The lowest BCUT2D eigenvalue weighted by atomic mass is 10.1. The first kappa shape index (κ1) is 24.6. The van der Waals surface area contributed by atoms with Crippen molar-refractivity contribution in [2.75, 3.05) is 43.5 Å². The van der Waals surface area contributed by atoms with E-state index in [1.807, 2.05) is 68.4 Å². The molecule has 7 heteroatoms. The van der Waals surface area contributed by atoms with Gasteiger partial charge in [0.05, 0.1) is 6.54 Å². The summed E-state index contributed by atoms with van der Waals surface area (Å²) in [4.78, 5) is 26.7. The van der Waals surface area contributed by atoms with Gasteiger partial charge < -0.3 is 25.0 Å². The second-order valence-electron chi connectivity index (χ2n) is 7.50. The van der Waals surface area contributed by atoms with E-state index >= 15 is 0 Å². The zero-order chi connectivity index (χ0) is 24.2. The van der Waals surface area contributed by atoms with Gasteiger partial charge in [-0.25, -0.2) is 0 Å². The number of para-hydroxylation sites is 1. The van der Waals surface area contributed by atoms with Gasteiger partial charge in [0, 0.05) is 36.1 Å². The van der Waals surface area contributed by atoms with E-state index in [4.69, 9.17) is 9.47 Å². The molecule has 34 heavy (non-hydrogen) atoms. The molecule has 3 rings (SSSR count). The zero-order valence-electron chi connectivity index (χ0n) is 19.6. The van der Waals surface area contributed by atoms with Crippen molar-refractivity contribution in [3.8, 4) is 11.5 Å². The zero-order valence-corrected chi connectivity index (χ0v) is 19.6. The van der Waals surface area contributed by atoms with Gasteiger partial charge in [-0.15, -0.1) is 0 Å². The fourth-order valence-electron chi connectivity index (χ4n) is 3.34. The van der Waals surface area contributed by atoms with Crippen LogP contribution in [0.2, 0.25) is 0 Å². The predicted molar refractivity (Wildman–Crippen MR) is 135 cm³/mol. The molecule has 0 radical (unpaired) electrons. The average molecular weight is 462 g/mol. The highest BCUT2D eigenvalue weighted by atomic mass is 16.5. The van der Waals surface area contributed by atoms with Crippen LogP contribution < -0.4 is 20.1 Å². The number of benzene rings is 3. The lowest BCUT2D eigenvalue weighted by Gasteiger charge is -2.19. The van der Waals surface area contributed by atoms with Crippen LogP contribution in [0.3, 0.4) is 0 Å². The number of anilines is 2. The normalized spacial score (nSPS) is 10.3. The van der Waals surface area contributed by atoms with Crippen molar-refractivity contribution in [3.63, 3.8) is 0 Å². The fraction of sp³-hybridized carbons (Fsp3) is 0.259. The molecule has 0 spiro atoms. The summed E-state index contributed by atoms with van der Waals surface area (Å²) in [6, 6.07) is 24.0. The van der Waals surface area contributed by atoms with Crippen LogP contribution in [0.25, 0.3) is 0 Å². The molecule has 0 aliphatic heterocycles. The van der Waals surface area contributed by atoms with Gasteiger partial charge in [0.2, 0.25) is 5.91 Å². The van der Waals surface area contributed by atoms with Gasteiger partial charge >= 0.3 is 0 Å². The molecule has 7 nitrogen and oxygen atoms in total. The lowest BCUT2D eigenvalue weighted by molar-refractivity contribution is -0.114. The molecule has 2 amide bonds.